The zero-order chi connectivity index (χ0) is 13.8. The predicted octanol–water partition coefficient (Wildman–Crippen LogP) is 1.53. The number of nitrogens with zero attached hydrogens (tertiary/aromatic N) is 4. The molecule has 0 saturated carbocycles. The van der Waals surface area contributed by atoms with Gasteiger partial charge in [-0.3, -0.25) is 4.57 Å². The third kappa shape index (κ3) is 3.14. The SMILES string of the molecule is CCNc1cc(Sc2n[nH]c(=O)n2C(C)C)ncn1. The second-order valence-corrected chi connectivity index (χ2v) is 5.14. The molecule has 0 aliphatic rings. The highest BCUT2D eigenvalue weighted by Gasteiger charge is 2.13. The Labute approximate surface area is 114 Å². The van der Waals surface area contributed by atoms with Gasteiger partial charge in [0.2, 0.25) is 0 Å². The summed E-state index contributed by atoms with van der Waals surface area (Å²) in [5.74, 6) is 0.758. The third-order valence-corrected chi connectivity index (χ3v) is 3.29. The molecule has 8 heteroatoms. The molecule has 2 aromatic rings. The van der Waals surface area contributed by atoms with Gasteiger partial charge in [-0.25, -0.2) is 19.9 Å². The van der Waals surface area contributed by atoms with Crippen LogP contribution in [0.15, 0.2) is 27.4 Å². The average Bonchev–Trinajstić information content (AvgIpc) is 2.71. The second-order valence-electron chi connectivity index (χ2n) is 4.15. The molecular weight excluding hydrogens is 264 g/mol. The summed E-state index contributed by atoms with van der Waals surface area (Å²) in [7, 11) is 0. The van der Waals surface area contributed by atoms with Crippen LogP contribution in [-0.4, -0.2) is 31.3 Å². The largest absolute Gasteiger partial charge is 0.370 e. The molecule has 0 aliphatic carbocycles. The van der Waals surface area contributed by atoms with E-state index >= 15 is 0 Å². The summed E-state index contributed by atoms with van der Waals surface area (Å²) in [6.45, 7) is 6.66. The molecule has 0 radical (unpaired) electrons. The molecule has 0 saturated heterocycles. The van der Waals surface area contributed by atoms with Gasteiger partial charge >= 0.3 is 5.69 Å². The first-order valence-corrected chi connectivity index (χ1v) is 6.84. The molecule has 0 atom stereocenters. The molecule has 7 nitrogen and oxygen atoms in total. The van der Waals surface area contributed by atoms with E-state index in [0.717, 1.165) is 17.4 Å². The van der Waals surface area contributed by atoms with Crippen molar-refractivity contribution in [2.45, 2.75) is 37.0 Å². The smallest absolute Gasteiger partial charge is 0.344 e. The fourth-order valence-corrected chi connectivity index (χ4v) is 2.53. The number of aromatic nitrogens is 5. The van der Waals surface area contributed by atoms with Gasteiger partial charge in [-0.1, -0.05) is 0 Å². The average molecular weight is 280 g/mol. The maximum absolute atomic E-state index is 11.6. The number of rotatable bonds is 5. The standard InChI is InChI=1S/C11H16N6OS/c1-4-12-8-5-9(14-6-13-8)19-11-16-15-10(18)17(11)7(2)3/h5-7H,4H2,1-3H3,(H,15,18)(H,12,13,14). The highest BCUT2D eigenvalue weighted by molar-refractivity contribution is 7.99. The first-order chi connectivity index (χ1) is 9.11. The molecule has 0 amide bonds. The van der Waals surface area contributed by atoms with E-state index in [1.54, 1.807) is 4.57 Å². The lowest BCUT2D eigenvalue weighted by Gasteiger charge is -2.08. The Morgan fingerprint density at radius 2 is 2.26 bits per heavy atom. The zero-order valence-electron chi connectivity index (χ0n) is 11.0. The van der Waals surface area contributed by atoms with E-state index in [1.807, 2.05) is 26.8 Å². The van der Waals surface area contributed by atoms with Crippen molar-refractivity contribution in [2.75, 3.05) is 11.9 Å². The Morgan fingerprint density at radius 3 is 2.95 bits per heavy atom. The number of hydrogen-bond acceptors (Lipinski definition) is 6. The summed E-state index contributed by atoms with van der Waals surface area (Å²) in [4.78, 5) is 19.9. The van der Waals surface area contributed by atoms with Crippen LogP contribution in [0.3, 0.4) is 0 Å². The molecule has 0 unspecified atom stereocenters. The molecule has 0 fully saturated rings. The van der Waals surface area contributed by atoms with Crippen molar-refractivity contribution in [1.29, 1.82) is 0 Å². The van der Waals surface area contributed by atoms with Crippen LogP contribution in [-0.2, 0) is 0 Å². The molecule has 0 spiro atoms. The summed E-state index contributed by atoms with van der Waals surface area (Å²) in [6, 6.07) is 1.88. The molecule has 0 bridgehead atoms. The fraction of sp³-hybridized carbons (Fsp3) is 0.455. The maximum Gasteiger partial charge on any atom is 0.344 e. The first-order valence-electron chi connectivity index (χ1n) is 6.02. The van der Waals surface area contributed by atoms with Gasteiger partial charge in [-0.05, 0) is 32.5 Å². The summed E-state index contributed by atoms with van der Waals surface area (Å²) in [5, 5.41) is 10.9. The van der Waals surface area contributed by atoms with Gasteiger partial charge in [0, 0.05) is 18.7 Å². The fourth-order valence-electron chi connectivity index (χ4n) is 1.58. The van der Waals surface area contributed by atoms with Gasteiger partial charge < -0.3 is 5.32 Å². The van der Waals surface area contributed by atoms with E-state index in [0.29, 0.717) is 5.16 Å². The lowest BCUT2D eigenvalue weighted by Crippen LogP contribution is -2.19. The van der Waals surface area contributed by atoms with E-state index in [2.05, 4.69) is 25.5 Å². The second kappa shape index (κ2) is 5.87. The van der Waals surface area contributed by atoms with Crippen molar-refractivity contribution < 1.29 is 0 Å². The van der Waals surface area contributed by atoms with Crippen LogP contribution < -0.4 is 11.0 Å². The van der Waals surface area contributed by atoms with Gasteiger partial charge in [-0.2, -0.15) is 0 Å². The lowest BCUT2D eigenvalue weighted by molar-refractivity contribution is 0.534. The topological polar surface area (TPSA) is 88.5 Å². The van der Waals surface area contributed by atoms with Crippen molar-refractivity contribution in [3.05, 3.63) is 22.9 Å². The van der Waals surface area contributed by atoms with E-state index in [9.17, 15) is 4.79 Å². The monoisotopic (exact) mass is 280 g/mol. The van der Waals surface area contributed by atoms with Crippen LogP contribution in [0.4, 0.5) is 5.82 Å². The third-order valence-electron chi connectivity index (χ3n) is 2.38. The summed E-state index contributed by atoms with van der Waals surface area (Å²) < 4.78 is 1.60. The summed E-state index contributed by atoms with van der Waals surface area (Å²) >= 11 is 1.33. The molecule has 19 heavy (non-hydrogen) atoms. The van der Waals surface area contributed by atoms with E-state index < -0.39 is 0 Å². The minimum absolute atomic E-state index is 0.0452. The molecular formula is C11H16N6OS. The number of nitrogens with one attached hydrogen (secondary N) is 2. The summed E-state index contributed by atoms with van der Waals surface area (Å²) in [6.07, 6.45) is 1.49. The number of H-pyrrole nitrogens is 1. The normalized spacial score (nSPS) is 10.9. The van der Waals surface area contributed by atoms with Gasteiger partial charge in [0.1, 0.15) is 17.2 Å². The predicted molar refractivity (Wildman–Crippen MR) is 73.6 cm³/mol. The molecule has 102 valence electrons. The van der Waals surface area contributed by atoms with E-state index in [-0.39, 0.29) is 11.7 Å². The van der Waals surface area contributed by atoms with Crippen molar-refractivity contribution in [3.63, 3.8) is 0 Å². The van der Waals surface area contributed by atoms with Gasteiger partial charge in [0.05, 0.1) is 0 Å². The van der Waals surface area contributed by atoms with Crippen LogP contribution in [0.25, 0.3) is 0 Å². The van der Waals surface area contributed by atoms with Gasteiger partial charge in [0.15, 0.2) is 5.16 Å². The number of aromatic amines is 1. The minimum atomic E-state index is -0.210. The molecule has 2 heterocycles. The van der Waals surface area contributed by atoms with E-state index in [1.165, 1.54) is 18.1 Å². The zero-order valence-corrected chi connectivity index (χ0v) is 11.9. The minimum Gasteiger partial charge on any atom is -0.370 e. The Hall–Kier alpha value is -1.83. The Balaban J connectivity index is 2.26. The van der Waals surface area contributed by atoms with Crippen LogP contribution >= 0.6 is 11.8 Å². The lowest BCUT2D eigenvalue weighted by atomic mass is 10.4. The quantitative estimate of drug-likeness (QED) is 0.807. The van der Waals surface area contributed by atoms with Crippen LogP contribution in [0.1, 0.15) is 26.8 Å². The van der Waals surface area contributed by atoms with Crippen LogP contribution in [0.5, 0.6) is 0 Å². The Bertz CT molecular complexity index is 605. The van der Waals surface area contributed by atoms with Crippen molar-refractivity contribution in [1.82, 2.24) is 24.7 Å². The summed E-state index contributed by atoms with van der Waals surface area (Å²) in [5.41, 5.74) is -0.210. The van der Waals surface area contributed by atoms with Crippen molar-refractivity contribution >= 4 is 17.6 Å². The molecule has 2 aromatic heterocycles. The Morgan fingerprint density at radius 1 is 1.47 bits per heavy atom. The van der Waals surface area contributed by atoms with Crippen molar-refractivity contribution in [2.24, 2.45) is 0 Å². The van der Waals surface area contributed by atoms with Gasteiger partial charge in [0.25, 0.3) is 0 Å². The van der Waals surface area contributed by atoms with E-state index in [4.69, 9.17) is 0 Å². The number of anilines is 1. The highest BCUT2D eigenvalue weighted by atomic mass is 32.2. The molecule has 2 rings (SSSR count). The van der Waals surface area contributed by atoms with Gasteiger partial charge in [-0.15, -0.1) is 5.10 Å². The van der Waals surface area contributed by atoms with Crippen LogP contribution in [0.2, 0.25) is 0 Å². The first kappa shape index (κ1) is 13.6. The Kier molecular flexibility index (Phi) is 4.20. The molecule has 0 aromatic carbocycles. The highest BCUT2D eigenvalue weighted by Crippen LogP contribution is 2.25. The van der Waals surface area contributed by atoms with Crippen molar-refractivity contribution in [3.8, 4) is 0 Å². The van der Waals surface area contributed by atoms with Crippen LogP contribution in [0, 0.1) is 0 Å². The molecule has 0 aliphatic heterocycles. The maximum atomic E-state index is 11.6. The number of hydrogen-bond donors (Lipinski definition) is 2. The molecule has 2 N–H and O–H groups in total.